The normalized spacial score (nSPS) is 24.9. The van der Waals surface area contributed by atoms with E-state index in [0.717, 1.165) is 24.6 Å². The number of rotatable bonds is 10. The number of hydrogen-bond donors (Lipinski definition) is 1. The van der Waals surface area contributed by atoms with E-state index < -0.39 is 17.9 Å². The molecule has 0 radical (unpaired) electrons. The fourth-order valence-electron chi connectivity index (χ4n) is 8.19. The molecule has 1 N–H and O–H groups in total. The van der Waals surface area contributed by atoms with E-state index in [1.165, 1.54) is 51.2 Å². The Morgan fingerprint density at radius 3 is 2.10 bits per heavy atom. The SMILES string of the molecule is CCN1C2CCC1CC(N1CCN(C(=O)CC3=C(C(=O)OC)C(c4c(Cl)cccc4Cl)C(C(=O)OC)=C(CCc4nccs4)N3)CC1)C2. The molecule has 3 saturated heterocycles. The molecule has 0 spiro atoms. The summed E-state index contributed by atoms with van der Waals surface area (Å²) in [7, 11) is 2.56. The molecule has 2 aromatic rings. The van der Waals surface area contributed by atoms with Crippen LogP contribution in [0.4, 0.5) is 0 Å². The Morgan fingerprint density at radius 1 is 0.917 bits per heavy atom. The average molecular weight is 717 g/mol. The Bertz CT molecular complexity index is 1560. The minimum atomic E-state index is -1.03. The van der Waals surface area contributed by atoms with Gasteiger partial charge in [-0.15, -0.1) is 11.3 Å². The van der Waals surface area contributed by atoms with Gasteiger partial charge in [0, 0.05) is 89.3 Å². The lowest BCUT2D eigenvalue weighted by Crippen LogP contribution is -2.56. The van der Waals surface area contributed by atoms with Crippen molar-refractivity contribution < 1.29 is 23.9 Å². The highest BCUT2D eigenvalue weighted by Crippen LogP contribution is 2.46. The number of aromatic nitrogens is 1. The maximum Gasteiger partial charge on any atom is 0.336 e. The van der Waals surface area contributed by atoms with Gasteiger partial charge in [-0.3, -0.25) is 14.6 Å². The Kier molecular flexibility index (Phi) is 11.1. The zero-order valence-corrected chi connectivity index (χ0v) is 30.0. The quantitative estimate of drug-likeness (QED) is 0.334. The molecule has 1 amide bonds. The summed E-state index contributed by atoms with van der Waals surface area (Å²) in [5.74, 6) is -2.46. The molecule has 3 atom stereocenters. The third-order valence-corrected chi connectivity index (χ3v) is 11.9. The molecule has 2 bridgehead atoms. The molecular weight excluding hydrogens is 673 g/mol. The maximum atomic E-state index is 14.0. The number of fused-ring (bicyclic) bond motifs is 2. The summed E-state index contributed by atoms with van der Waals surface area (Å²) in [5, 5.41) is 6.65. The molecule has 48 heavy (non-hydrogen) atoms. The number of dihydropyridines is 1. The number of nitrogens with one attached hydrogen (secondary N) is 1. The Morgan fingerprint density at radius 2 is 1.54 bits per heavy atom. The molecule has 5 heterocycles. The Labute approximate surface area is 296 Å². The van der Waals surface area contributed by atoms with Crippen molar-refractivity contribution in [2.24, 2.45) is 0 Å². The number of halogens is 2. The largest absolute Gasteiger partial charge is 0.466 e. The van der Waals surface area contributed by atoms with Crippen molar-refractivity contribution in [1.29, 1.82) is 0 Å². The topological polar surface area (TPSA) is 104 Å². The van der Waals surface area contributed by atoms with Crippen molar-refractivity contribution in [2.75, 3.05) is 46.9 Å². The first-order valence-electron chi connectivity index (χ1n) is 16.7. The number of carbonyl (C=O) groups excluding carboxylic acids is 3. The molecule has 3 unspecified atom stereocenters. The van der Waals surface area contributed by atoms with Gasteiger partial charge in [0.1, 0.15) is 0 Å². The van der Waals surface area contributed by atoms with Gasteiger partial charge >= 0.3 is 11.9 Å². The van der Waals surface area contributed by atoms with Gasteiger partial charge in [0.25, 0.3) is 0 Å². The lowest BCUT2D eigenvalue weighted by Gasteiger charge is -2.45. The fraction of sp³-hybridized carbons (Fsp3) is 0.543. The summed E-state index contributed by atoms with van der Waals surface area (Å²) in [6.07, 6.45) is 7.52. The van der Waals surface area contributed by atoms with Crippen molar-refractivity contribution in [2.45, 2.75) is 75.9 Å². The number of esters is 2. The van der Waals surface area contributed by atoms with E-state index in [0.29, 0.717) is 61.0 Å². The first kappa shape index (κ1) is 34.9. The van der Waals surface area contributed by atoms with Crippen LogP contribution in [0.5, 0.6) is 0 Å². The maximum absolute atomic E-state index is 14.0. The van der Waals surface area contributed by atoms with E-state index in [1.807, 2.05) is 10.3 Å². The van der Waals surface area contributed by atoms with Crippen molar-refractivity contribution in [3.05, 3.63) is 72.9 Å². The van der Waals surface area contributed by atoms with E-state index in [4.69, 9.17) is 32.7 Å². The molecule has 0 aliphatic carbocycles. The second-order valence-corrected chi connectivity index (χ2v) is 14.6. The number of carbonyl (C=O) groups is 3. The predicted octanol–water partition coefficient (Wildman–Crippen LogP) is 5.17. The number of amides is 1. The van der Waals surface area contributed by atoms with Crippen LogP contribution in [-0.4, -0.2) is 103 Å². The summed E-state index contributed by atoms with van der Waals surface area (Å²) < 4.78 is 10.5. The number of piperazine rings is 1. The number of methoxy groups -OCH3 is 2. The van der Waals surface area contributed by atoms with E-state index in [-0.39, 0.29) is 33.5 Å². The zero-order valence-electron chi connectivity index (χ0n) is 27.7. The van der Waals surface area contributed by atoms with Gasteiger partial charge < -0.3 is 19.7 Å². The summed E-state index contributed by atoms with van der Waals surface area (Å²) in [4.78, 5) is 52.7. The summed E-state index contributed by atoms with van der Waals surface area (Å²) in [6.45, 7) is 6.25. The second-order valence-electron chi connectivity index (χ2n) is 12.8. The number of thiazole rings is 1. The molecule has 1 aromatic heterocycles. The second kappa shape index (κ2) is 15.3. The monoisotopic (exact) mass is 715 g/mol. The average Bonchev–Trinajstić information content (AvgIpc) is 3.71. The minimum Gasteiger partial charge on any atom is -0.466 e. The van der Waals surface area contributed by atoms with E-state index in [2.05, 4.69) is 27.0 Å². The molecular formula is C35H43Cl2N5O5S. The molecule has 4 aliphatic heterocycles. The van der Waals surface area contributed by atoms with Crippen molar-refractivity contribution in [3.63, 3.8) is 0 Å². The molecule has 4 aliphatic rings. The summed E-state index contributed by atoms with van der Waals surface area (Å²) in [6, 6.07) is 6.92. The number of aryl methyl sites for hydroxylation is 1. The highest BCUT2D eigenvalue weighted by Gasteiger charge is 2.44. The summed E-state index contributed by atoms with van der Waals surface area (Å²) in [5.41, 5.74) is 1.55. The van der Waals surface area contributed by atoms with Crippen LogP contribution in [0.1, 0.15) is 61.9 Å². The number of benzene rings is 1. The van der Waals surface area contributed by atoms with Crippen molar-refractivity contribution in [3.8, 4) is 0 Å². The van der Waals surface area contributed by atoms with Crippen molar-refractivity contribution >= 4 is 52.4 Å². The Balaban J connectivity index is 1.28. The van der Waals surface area contributed by atoms with Gasteiger partial charge in [-0.1, -0.05) is 36.2 Å². The lowest BCUT2D eigenvalue weighted by atomic mass is 9.78. The Hall–Kier alpha value is -2.96. The predicted molar refractivity (Wildman–Crippen MR) is 186 cm³/mol. The number of hydrogen-bond acceptors (Lipinski definition) is 10. The number of nitrogens with zero attached hydrogens (tertiary/aromatic N) is 4. The first-order chi connectivity index (χ1) is 23.2. The molecule has 10 nitrogen and oxygen atoms in total. The van der Waals surface area contributed by atoms with E-state index in [9.17, 15) is 14.4 Å². The lowest BCUT2D eigenvalue weighted by molar-refractivity contribution is -0.137. The minimum absolute atomic E-state index is 0.0861. The standard InChI is InChI=1S/C35H43Cl2N5O5S/c1-4-42-21-8-9-22(42)19-23(18-21)40-13-15-41(16-14-40)29(43)20-27-32(35(45)47-3)33(30-24(36)6-5-7-25(30)37)31(34(44)46-2)26(39-27)10-11-28-38-12-17-48-28/h5-7,12,17,21-23,33,39H,4,8-11,13-16,18-20H2,1-3H3. The van der Waals surface area contributed by atoms with Crippen LogP contribution in [0, 0.1) is 0 Å². The van der Waals surface area contributed by atoms with Crippen LogP contribution in [0.3, 0.4) is 0 Å². The molecule has 1 aromatic carbocycles. The van der Waals surface area contributed by atoms with Crippen LogP contribution in [-0.2, 0) is 30.3 Å². The van der Waals surface area contributed by atoms with Gasteiger partial charge in [0.05, 0.1) is 42.7 Å². The molecule has 0 saturated carbocycles. The number of allylic oxidation sites excluding steroid dienone is 1. The highest BCUT2D eigenvalue weighted by atomic mass is 35.5. The van der Waals surface area contributed by atoms with Gasteiger partial charge in [-0.25, -0.2) is 14.6 Å². The molecule has 13 heteroatoms. The molecule has 6 rings (SSSR count). The van der Waals surface area contributed by atoms with Gasteiger partial charge in [-0.2, -0.15) is 0 Å². The highest BCUT2D eigenvalue weighted by molar-refractivity contribution is 7.09. The molecule has 3 fully saturated rings. The third-order valence-electron chi connectivity index (χ3n) is 10.4. The van der Waals surface area contributed by atoms with Crippen LogP contribution in [0.15, 0.2) is 52.3 Å². The third kappa shape index (κ3) is 7.03. The van der Waals surface area contributed by atoms with Crippen LogP contribution in [0.2, 0.25) is 10.0 Å². The summed E-state index contributed by atoms with van der Waals surface area (Å²) >= 11 is 15.0. The fourth-order valence-corrected chi connectivity index (χ4v) is 9.43. The number of piperidine rings is 1. The first-order valence-corrected chi connectivity index (χ1v) is 18.4. The van der Waals surface area contributed by atoms with E-state index in [1.54, 1.807) is 24.4 Å². The van der Waals surface area contributed by atoms with Gasteiger partial charge in [0.2, 0.25) is 5.91 Å². The van der Waals surface area contributed by atoms with Gasteiger partial charge in [0.15, 0.2) is 0 Å². The van der Waals surface area contributed by atoms with Crippen molar-refractivity contribution in [1.82, 2.24) is 25.0 Å². The number of ether oxygens (including phenoxy) is 2. The van der Waals surface area contributed by atoms with Crippen LogP contribution < -0.4 is 5.32 Å². The van der Waals surface area contributed by atoms with Crippen LogP contribution >= 0.6 is 34.5 Å². The molecule has 258 valence electrons. The van der Waals surface area contributed by atoms with Crippen LogP contribution in [0.25, 0.3) is 0 Å². The zero-order chi connectivity index (χ0) is 33.9. The smallest absolute Gasteiger partial charge is 0.336 e. The van der Waals surface area contributed by atoms with E-state index >= 15 is 0 Å². The van der Waals surface area contributed by atoms with Gasteiger partial charge in [-0.05, 0) is 50.8 Å².